The molecule has 0 aliphatic rings. The number of amides is 3. The van der Waals surface area contributed by atoms with E-state index in [-0.39, 0.29) is 38.6 Å². The average molecular weight is 497 g/mol. The van der Waals surface area contributed by atoms with E-state index in [0.717, 1.165) is 12.8 Å². The van der Waals surface area contributed by atoms with Crippen molar-refractivity contribution in [3.63, 3.8) is 0 Å². The van der Waals surface area contributed by atoms with Gasteiger partial charge in [-0.25, -0.2) is 6.54 Å². The number of unbranched alkanes of at least 4 members (excludes halogenated alkanes) is 1. The molecule has 0 bridgehead atoms. The molecule has 0 aromatic rings. The van der Waals surface area contributed by atoms with Gasteiger partial charge in [0, 0.05) is 52.2 Å². The maximum Gasteiger partial charge on any atom is 0.282 e. The molecule has 0 unspecified atom stereocenters. The van der Waals surface area contributed by atoms with E-state index in [4.69, 9.17) is 25.7 Å². The van der Waals surface area contributed by atoms with Crippen LogP contribution in [0.5, 0.6) is 0 Å². The summed E-state index contributed by atoms with van der Waals surface area (Å²) >= 11 is 1.37. The second-order valence-electron chi connectivity index (χ2n) is 5.16. The van der Waals surface area contributed by atoms with Crippen LogP contribution in [0.25, 0.3) is 0 Å². The minimum absolute atomic E-state index is 0. The molecule has 11 heteroatoms. The summed E-state index contributed by atoms with van der Waals surface area (Å²) in [6.07, 6.45) is 6.05. The van der Waals surface area contributed by atoms with Gasteiger partial charge < -0.3 is 48.1 Å². The molecule has 0 aliphatic carbocycles. The Bertz CT molecular complexity index is 345. The molecule has 6 N–H and O–H groups in total. The molecule has 0 saturated carbocycles. The molecule has 0 aromatic heterocycles. The molecule has 0 aromatic carbocycles. The summed E-state index contributed by atoms with van der Waals surface area (Å²) in [5.74, 6) is 0.780. The Hall–Kier alpha value is 0.0339. The van der Waals surface area contributed by atoms with Crippen LogP contribution in [0.15, 0.2) is 0 Å². The fourth-order valence-corrected chi connectivity index (χ4v) is 1.72. The minimum atomic E-state index is -0.529. The maximum atomic E-state index is 11.2. The van der Waals surface area contributed by atoms with Crippen molar-refractivity contribution in [1.29, 1.82) is 0 Å². The van der Waals surface area contributed by atoms with Crippen LogP contribution < -0.4 is 22.1 Å². The molecule has 0 aliphatic heterocycles. The van der Waals surface area contributed by atoms with Gasteiger partial charge in [0.15, 0.2) is 0 Å². The third kappa shape index (κ3) is 33.6. The first-order valence-electron chi connectivity index (χ1n) is 9.03. The number of nitrogens with two attached hydrogens (primary N) is 2. The summed E-state index contributed by atoms with van der Waals surface area (Å²) in [5.41, 5.74) is 9.99. The number of primary amides is 1. The number of thioether (sulfide) groups is 1. The maximum absolute atomic E-state index is 11.2. The molecule has 0 saturated heterocycles. The normalized spacial score (nSPS) is 9.68. The summed E-state index contributed by atoms with van der Waals surface area (Å²) < 4.78 is 15.7. The molecule has 0 fully saturated rings. The van der Waals surface area contributed by atoms with E-state index < -0.39 is 6.03 Å². The Morgan fingerprint density at radius 2 is 1.64 bits per heavy atom. The second-order valence-corrected chi connectivity index (χ2v) is 5.90. The van der Waals surface area contributed by atoms with Crippen LogP contribution in [0.4, 0.5) is 4.79 Å². The van der Waals surface area contributed by atoms with Crippen molar-refractivity contribution in [2.75, 3.05) is 58.5 Å². The van der Waals surface area contributed by atoms with Crippen molar-refractivity contribution in [3.05, 3.63) is 12.8 Å². The average Bonchev–Trinajstić information content (AvgIpc) is 2.65. The molecule has 0 spiro atoms. The van der Waals surface area contributed by atoms with Crippen LogP contribution in [0, 0.1) is 12.8 Å². The zero-order valence-electron chi connectivity index (χ0n) is 17.0. The van der Waals surface area contributed by atoms with E-state index in [0.29, 0.717) is 64.9 Å². The van der Waals surface area contributed by atoms with Crippen LogP contribution in [0.1, 0.15) is 26.2 Å². The van der Waals surface area contributed by atoms with E-state index in [2.05, 4.69) is 23.8 Å². The van der Waals surface area contributed by atoms with E-state index in [1.54, 1.807) is 6.54 Å². The fourth-order valence-electron chi connectivity index (χ4n) is 1.51. The van der Waals surface area contributed by atoms with Crippen LogP contribution in [-0.4, -0.2) is 70.4 Å². The molecular weight excluding hydrogens is 461 g/mol. The second kappa shape index (κ2) is 29.2. The van der Waals surface area contributed by atoms with Gasteiger partial charge in [0.05, 0.1) is 39.6 Å². The number of urea groups is 1. The Balaban J connectivity index is -0.000000587. The summed E-state index contributed by atoms with van der Waals surface area (Å²) in [5, 5.41) is 5.11. The molecule has 9 nitrogen and oxygen atoms in total. The first-order chi connectivity index (χ1) is 13.1. The Morgan fingerprint density at radius 1 is 1.07 bits per heavy atom. The van der Waals surface area contributed by atoms with Crippen molar-refractivity contribution in [3.8, 4) is 0 Å². The zero-order valence-corrected chi connectivity index (χ0v) is 20.6. The van der Waals surface area contributed by atoms with Crippen LogP contribution >= 0.6 is 11.8 Å². The molecule has 28 heavy (non-hydrogen) atoms. The number of nitrogens with one attached hydrogen (secondary N) is 2. The zero-order chi connectivity index (χ0) is 20.6. The third-order valence-electron chi connectivity index (χ3n) is 2.78. The van der Waals surface area contributed by atoms with Gasteiger partial charge in [0.2, 0.25) is 5.91 Å². The number of carbonyl (C=O) groups excluding carboxylic acids is 2. The van der Waals surface area contributed by atoms with Crippen LogP contribution in [0.3, 0.4) is 0 Å². The molecular formula is C17H36N4O5SY-2. The smallest absolute Gasteiger partial charge is 0.282 e. The van der Waals surface area contributed by atoms with E-state index in [9.17, 15) is 9.59 Å². The molecule has 0 rings (SSSR count). The predicted octanol–water partition coefficient (Wildman–Crippen LogP) is 0.640. The fraction of sp³-hybridized carbons (Fsp3) is 0.765. The predicted molar refractivity (Wildman–Crippen MR) is 109 cm³/mol. The van der Waals surface area contributed by atoms with Gasteiger partial charge in [-0.2, -0.15) is 0 Å². The number of hydrogen-bond donors (Lipinski definition) is 4. The van der Waals surface area contributed by atoms with Crippen molar-refractivity contribution < 1.29 is 56.5 Å². The Kier molecular flexibility index (Phi) is 34.1. The van der Waals surface area contributed by atoms with Gasteiger partial charge in [-0.1, -0.05) is 13.3 Å². The number of rotatable bonds is 17. The SMILES string of the molecule is CCCCC(=O)NCCOCCOCCOCCN.[CH2-]SC[CH-]NC(N)=O.[Y]. The van der Waals surface area contributed by atoms with E-state index in [1.165, 1.54) is 11.8 Å². The molecule has 0 atom stereocenters. The standard InChI is InChI=1S/C13H28N2O4.C4H8N2OS.Y/c1-2-3-4-13(16)15-6-8-18-10-12-19-11-9-17-7-5-14;1-8-3-2-6-4(5)7;/h2-12,14H2,1H3,(H,15,16);2H,1,3H2,(H3,5,6,7);/q;-2;. The minimum Gasteiger partial charge on any atom is -0.487 e. The van der Waals surface area contributed by atoms with E-state index >= 15 is 0 Å². The molecule has 0 heterocycles. The quantitative estimate of drug-likeness (QED) is 0.171. The van der Waals surface area contributed by atoms with Crippen molar-refractivity contribution in [2.24, 2.45) is 11.5 Å². The van der Waals surface area contributed by atoms with E-state index in [1.807, 2.05) is 0 Å². The first-order valence-corrected chi connectivity index (χ1v) is 10.2. The monoisotopic (exact) mass is 497 g/mol. The van der Waals surface area contributed by atoms with Crippen molar-refractivity contribution in [2.45, 2.75) is 26.2 Å². The van der Waals surface area contributed by atoms with Gasteiger partial charge in [0.1, 0.15) is 0 Å². The summed E-state index contributed by atoms with van der Waals surface area (Å²) in [6.45, 7) is 7.98. The molecule has 1 radical (unpaired) electrons. The Labute approximate surface area is 199 Å². The topological polar surface area (TPSA) is 138 Å². The van der Waals surface area contributed by atoms with Crippen LogP contribution in [-0.2, 0) is 51.7 Å². The van der Waals surface area contributed by atoms with Gasteiger partial charge in [-0.3, -0.25) is 15.8 Å². The summed E-state index contributed by atoms with van der Waals surface area (Å²) in [4.78, 5) is 21.2. The first kappa shape index (κ1) is 32.7. The summed E-state index contributed by atoms with van der Waals surface area (Å²) in [6, 6.07) is -0.529. The van der Waals surface area contributed by atoms with Crippen molar-refractivity contribution >= 4 is 23.7 Å². The van der Waals surface area contributed by atoms with Crippen molar-refractivity contribution in [1.82, 2.24) is 10.6 Å². The molecule has 3 amide bonds. The largest absolute Gasteiger partial charge is 0.487 e. The van der Waals surface area contributed by atoms with Gasteiger partial charge in [-0.15, -0.1) is 5.75 Å². The number of ether oxygens (including phenoxy) is 3. The molecule has 165 valence electrons. The summed E-state index contributed by atoms with van der Waals surface area (Å²) in [7, 11) is 0. The number of carbonyl (C=O) groups is 2. The van der Waals surface area contributed by atoms with Crippen LogP contribution in [0.2, 0.25) is 0 Å². The van der Waals surface area contributed by atoms with Gasteiger partial charge >= 0.3 is 0 Å². The Morgan fingerprint density at radius 3 is 2.14 bits per heavy atom. The van der Waals surface area contributed by atoms with Gasteiger partial charge in [-0.05, 0) is 6.42 Å². The third-order valence-corrected chi connectivity index (χ3v) is 3.18. The number of hydrogen-bond acceptors (Lipinski definition) is 7. The van der Waals surface area contributed by atoms with Gasteiger partial charge in [0.25, 0.3) is 6.03 Å².